The molecule has 0 saturated carbocycles. The minimum atomic E-state index is -5.92. The lowest BCUT2D eigenvalue weighted by Crippen LogP contribution is -2.18. The maximum absolute atomic E-state index is 14.7. The Kier molecular flexibility index (Phi) is 6.39. The van der Waals surface area contributed by atoms with E-state index in [1.807, 2.05) is 0 Å². The van der Waals surface area contributed by atoms with Crippen LogP contribution in [0, 0.1) is 29.1 Å². The third kappa shape index (κ3) is 4.83. The molecular weight excluding hydrogens is 509 g/mol. The SMILES string of the molecule is Nc1ccc(F)c(Oc2cc(Oc3c(F)ccc(N)c3F)c(C(F)(F)F)c(F)c2C(F)(F)F)c1F. The lowest BCUT2D eigenvalue weighted by Gasteiger charge is -2.21. The topological polar surface area (TPSA) is 70.5 Å². The molecule has 0 amide bonds. The van der Waals surface area contributed by atoms with Crippen LogP contribution in [-0.2, 0) is 12.4 Å². The molecule has 35 heavy (non-hydrogen) atoms. The number of hydrogen-bond donors (Lipinski definition) is 2. The number of rotatable bonds is 4. The van der Waals surface area contributed by atoms with Gasteiger partial charge in [0.25, 0.3) is 0 Å². The molecule has 15 heteroatoms. The summed E-state index contributed by atoms with van der Waals surface area (Å²) in [5.74, 6) is -17.1. The third-order valence-corrected chi connectivity index (χ3v) is 4.34. The number of nitrogens with two attached hydrogens (primary N) is 2. The average Bonchev–Trinajstić information content (AvgIpc) is 2.72. The molecule has 0 atom stereocenters. The quantitative estimate of drug-likeness (QED) is 0.284. The summed E-state index contributed by atoms with van der Waals surface area (Å²) in [6.07, 6.45) is -11.8. The minimum Gasteiger partial charge on any atom is -0.450 e. The van der Waals surface area contributed by atoms with Gasteiger partial charge in [0.2, 0.25) is 11.5 Å². The maximum atomic E-state index is 14.7. The van der Waals surface area contributed by atoms with Crippen LogP contribution in [0.3, 0.4) is 0 Å². The van der Waals surface area contributed by atoms with Crippen LogP contribution in [0.2, 0.25) is 0 Å². The number of benzene rings is 3. The van der Waals surface area contributed by atoms with E-state index in [0.717, 1.165) is 0 Å². The Morgan fingerprint density at radius 1 is 0.543 bits per heavy atom. The Morgan fingerprint density at radius 3 is 1.20 bits per heavy atom. The van der Waals surface area contributed by atoms with Crippen molar-refractivity contribution < 1.29 is 57.8 Å². The van der Waals surface area contributed by atoms with E-state index < -0.39 is 86.9 Å². The van der Waals surface area contributed by atoms with Crippen molar-refractivity contribution in [2.75, 3.05) is 11.5 Å². The Labute approximate surface area is 187 Å². The molecule has 188 valence electrons. The molecule has 0 saturated heterocycles. The van der Waals surface area contributed by atoms with Crippen molar-refractivity contribution in [3.63, 3.8) is 0 Å². The first-order valence-corrected chi connectivity index (χ1v) is 8.87. The number of ether oxygens (including phenoxy) is 2. The van der Waals surface area contributed by atoms with Crippen molar-refractivity contribution in [3.05, 3.63) is 70.5 Å². The summed E-state index contributed by atoms with van der Waals surface area (Å²) in [6.45, 7) is 0. The Morgan fingerprint density at radius 2 is 0.886 bits per heavy atom. The van der Waals surface area contributed by atoms with Crippen LogP contribution in [0.25, 0.3) is 0 Å². The molecule has 4 N–H and O–H groups in total. The minimum absolute atomic E-state index is 0.293. The molecule has 4 nitrogen and oxygen atoms in total. The molecular formula is C20H9F11N2O2. The smallest absolute Gasteiger partial charge is 0.422 e. The van der Waals surface area contributed by atoms with Crippen LogP contribution in [0.1, 0.15) is 11.1 Å². The zero-order valence-corrected chi connectivity index (χ0v) is 16.5. The summed E-state index contributed by atoms with van der Waals surface area (Å²) in [4.78, 5) is 0. The van der Waals surface area contributed by atoms with Crippen molar-refractivity contribution in [3.8, 4) is 23.0 Å². The highest BCUT2D eigenvalue weighted by Gasteiger charge is 2.47. The van der Waals surface area contributed by atoms with E-state index in [9.17, 15) is 48.3 Å². The van der Waals surface area contributed by atoms with Crippen molar-refractivity contribution in [2.45, 2.75) is 12.4 Å². The van der Waals surface area contributed by atoms with Gasteiger partial charge in [-0.25, -0.2) is 22.0 Å². The maximum Gasteiger partial charge on any atom is 0.422 e. The molecule has 3 aromatic rings. The number of nitrogen functional groups attached to an aromatic ring is 2. The Balaban J connectivity index is 2.36. The fraction of sp³-hybridized carbons (Fsp3) is 0.100. The summed E-state index contributed by atoms with van der Waals surface area (Å²) in [7, 11) is 0. The van der Waals surface area contributed by atoms with Gasteiger partial charge in [0.05, 0.1) is 11.4 Å². The van der Waals surface area contributed by atoms with Gasteiger partial charge in [-0.2, -0.15) is 26.3 Å². The third-order valence-electron chi connectivity index (χ3n) is 4.34. The van der Waals surface area contributed by atoms with Crippen LogP contribution in [0.4, 0.5) is 59.7 Å². The van der Waals surface area contributed by atoms with E-state index in [0.29, 0.717) is 24.3 Å². The first-order valence-electron chi connectivity index (χ1n) is 8.87. The molecule has 0 aliphatic rings. The van der Waals surface area contributed by atoms with Crippen molar-refractivity contribution in [2.24, 2.45) is 0 Å². The van der Waals surface area contributed by atoms with Crippen LogP contribution in [0.15, 0.2) is 30.3 Å². The molecule has 0 aromatic heterocycles. The Bertz CT molecular complexity index is 1210. The van der Waals surface area contributed by atoms with E-state index in [2.05, 4.69) is 9.47 Å². The predicted molar refractivity (Wildman–Crippen MR) is 98.1 cm³/mol. The predicted octanol–water partition coefficient (Wildman–Crippen LogP) is 7.17. The second-order valence-electron chi connectivity index (χ2n) is 6.70. The second-order valence-corrected chi connectivity index (χ2v) is 6.70. The van der Waals surface area contributed by atoms with E-state index in [-0.39, 0.29) is 6.07 Å². The molecule has 0 unspecified atom stereocenters. The van der Waals surface area contributed by atoms with Crippen LogP contribution < -0.4 is 20.9 Å². The summed E-state index contributed by atoms with van der Waals surface area (Å²) in [5.41, 5.74) is 3.17. The summed E-state index contributed by atoms with van der Waals surface area (Å²) in [5, 5.41) is 0. The fourth-order valence-electron chi connectivity index (χ4n) is 2.80. The number of halogens is 11. The molecule has 0 heterocycles. The zero-order valence-electron chi connectivity index (χ0n) is 16.5. The van der Waals surface area contributed by atoms with Gasteiger partial charge in [-0.15, -0.1) is 0 Å². The van der Waals surface area contributed by atoms with Gasteiger partial charge in [0, 0.05) is 6.07 Å². The highest BCUT2D eigenvalue weighted by Crippen LogP contribution is 2.50. The van der Waals surface area contributed by atoms with Crippen LogP contribution in [0.5, 0.6) is 23.0 Å². The van der Waals surface area contributed by atoms with E-state index in [1.165, 1.54) is 0 Å². The number of anilines is 2. The largest absolute Gasteiger partial charge is 0.450 e. The van der Waals surface area contributed by atoms with Crippen LogP contribution >= 0.6 is 0 Å². The highest BCUT2D eigenvalue weighted by molar-refractivity contribution is 5.56. The number of alkyl halides is 6. The van der Waals surface area contributed by atoms with E-state index >= 15 is 0 Å². The summed E-state index contributed by atoms with van der Waals surface area (Å²) >= 11 is 0. The summed E-state index contributed by atoms with van der Waals surface area (Å²) < 4.78 is 161. The molecule has 0 aliphatic heterocycles. The van der Waals surface area contributed by atoms with Crippen molar-refractivity contribution in [1.82, 2.24) is 0 Å². The van der Waals surface area contributed by atoms with Gasteiger partial charge in [-0.3, -0.25) is 0 Å². The van der Waals surface area contributed by atoms with Crippen LogP contribution in [-0.4, -0.2) is 0 Å². The fourth-order valence-corrected chi connectivity index (χ4v) is 2.80. The standard InChI is InChI=1S/C20H9F11N2O2/c21-6-1-3-8(32)14(23)17(6)34-10-5-11(35-18-7(22)2-4-9(33)15(18)24)13(20(29,30)31)16(25)12(10)19(26,27)28/h1-5H,32-33H2. The van der Waals surface area contributed by atoms with Gasteiger partial charge < -0.3 is 20.9 Å². The second kappa shape index (κ2) is 8.70. The van der Waals surface area contributed by atoms with E-state index in [1.54, 1.807) is 0 Å². The Hall–Kier alpha value is -3.91. The number of hydrogen-bond acceptors (Lipinski definition) is 4. The van der Waals surface area contributed by atoms with E-state index in [4.69, 9.17) is 11.5 Å². The lowest BCUT2D eigenvalue weighted by molar-refractivity contribution is -0.149. The summed E-state index contributed by atoms with van der Waals surface area (Å²) in [6, 6.07) is 1.89. The first-order chi connectivity index (χ1) is 16.0. The van der Waals surface area contributed by atoms with Crippen molar-refractivity contribution >= 4 is 11.4 Å². The molecule has 3 rings (SSSR count). The van der Waals surface area contributed by atoms with Gasteiger partial charge >= 0.3 is 12.4 Å². The van der Waals surface area contributed by atoms with Gasteiger partial charge in [-0.05, 0) is 24.3 Å². The average molecular weight is 518 g/mol. The monoisotopic (exact) mass is 518 g/mol. The first kappa shape index (κ1) is 25.7. The molecule has 0 bridgehead atoms. The molecule has 0 fully saturated rings. The van der Waals surface area contributed by atoms with Gasteiger partial charge in [0.1, 0.15) is 22.6 Å². The van der Waals surface area contributed by atoms with Gasteiger partial charge in [0.15, 0.2) is 29.1 Å². The van der Waals surface area contributed by atoms with Crippen molar-refractivity contribution in [1.29, 1.82) is 0 Å². The van der Waals surface area contributed by atoms with Gasteiger partial charge in [-0.1, -0.05) is 0 Å². The molecule has 0 radical (unpaired) electrons. The lowest BCUT2D eigenvalue weighted by atomic mass is 10.1. The normalized spacial score (nSPS) is 12.1. The zero-order chi connectivity index (χ0) is 26.5. The molecule has 3 aromatic carbocycles. The molecule has 0 aliphatic carbocycles. The highest BCUT2D eigenvalue weighted by atomic mass is 19.4. The molecule has 0 spiro atoms.